The molecule has 0 aliphatic carbocycles. The Labute approximate surface area is 219 Å². The molecule has 0 radical (unpaired) electrons. The number of H-pyrrole nitrogens is 1. The topological polar surface area (TPSA) is 86.9 Å². The highest BCUT2D eigenvalue weighted by molar-refractivity contribution is 6.30. The van der Waals surface area contributed by atoms with Gasteiger partial charge >= 0.3 is 0 Å². The van der Waals surface area contributed by atoms with E-state index in [0.29, 0.717) is 45.3 Å². The third-order valence-corrected chi connectivity index (χ3v) is 6.88. The Hall–Kier alpha value is -3.97. The number of carbonyl (C=O) groups excluding carboxylic acids is 2. The van der Waals surface area contributed by atoms with E-state index in [2.05, 4.69) is 20.6 Å². The normalized spacial score (nSPS) is 13.4. The summed E-state index contributed by atoms with van der Waals surface area (Å²) in [5.74, 6) is -0.734. The number of nitrogens with zero attached hydrogens (tertiary/aromatic N) is 1. The second-order valence-electron chi connectivity index (χ2n) is 9.57. The van der Waals surface area contributed by atoms with Crippen molar-refractivity contribution in [1.82, 2.24) is 15.3 Å². The van der Waals surface area contributed by atoms with Gasteiger partial charge in [0.1, 0.15) is 11.6 Å². The van der Waals surface area contributed by atoms with Gasteiger partial charge in [-0.15, -0.1) is 0 Å². The standard InChI is InChI=1S/C29H26ClFN4O2/c1-15(2)25(17-4-6-18(30)7-5-17)29(37)35-19-8-9-21(24(31)12-19)20-10-11-22(27-32-13-16(3)34-27)26-23(20)14-33-28(26)36/h4-13,15,25H,14H2,1-3H3,(H,32,34)(H,33,36)(H,35,37). The van der Waals surface area contributed by atoms with Gasteiger partial charge < -0.3 is 15.6 Å². The number of hydrogen-bond acceptors (Lipinski definition) is 3. The molecule has 0 saturated heterocycles. The number of anilines is 1. The van der Waals surface area contributed by atoms with Crippen LogP contribution in [-0.4, -0.2) is 21.8 Å². The number of aromatic nitrogens is 2. The van der Waals surface area contributed by atoms with E-state index < -0.39 is 11.7 Å². The Morgan fingerprint density at radius 3 is 2.41 bits per heavy atom. The van der Waals surface area contributed by atoms with Crippen molar-refractivity contribution in [3.8, 4) is 22.5 Å². The molecule has 0 bridgehead atoms. The van der Waals surface area contributed by atoms with Gasteiger partial charge in [0.25, 0.3) is 5.91 Å². The number of hydrogen-bond donors (Lipinski definition) is 3. The zero-order chi connectivity index (χ0) is 26.3. The molecule has 2 amide bonds. The lowest BCUT2D eigenvalue weighted by Gasteiger charge is -2.21. The summed E-state index contributed by atoms with van der Waals surface area (Å²) in [4.78, 5) is 33.3. The first-order valence-electron chi connectivity index (χ1n) is 12.0. The fourth-order valence-electron chi connectivity index (χ4n) is 4.89. The van der Waals surface area contributed by atoms with Crippen molar-refractivity contribution >= 4 is 29.1 Å². The van der Waals surface area contributed by atoms with Crippen LogP contribution in [-0.2, 0) is 11.3 Å². The fourth-order valence-corrected chi connectivity index (χ4v) is 5.01. The minimum Gasteiger partial charge on any atom is -0.348 e. The first-order valence-corrected chi connectivity index (χ1v) is 12.4. The minimum atomic E-state index is -0.492. The largest absolute Gasteiger partial charge is 0.348 e. The molecule has 0 saturated carbocycles. The van der Waals surface area contributed by atoms with Gasteiger partial charge in [0.05, 0.1) is 11.5 Å². The van der Waals surface area contributed by atoms with E-state index in [1.165, 1.54) is 6.07 Å². The summed E-state index contributed by atoms with van der Waals surface area (Å²) < 4.78 is 15.4. The molecule has 4 aromatic rings. The maximum absolute atomic E-state index is 15.4. The van der Waals surface area contributed by atoms with Crippen LogP contribution in [0.3, 0.4) is 0 Å². The van der Waals surface area contributed by atoms with Crippen LogP contribution >= 0.6 is 11.6 Å². The molecular weight excluding hydrogens is 491 g/mol. The summed E-state index contributed by atoms with van der Waals surface area (Å²) >= 11 is 6.00. The highest BCUT2D eigenvalue weighted by Crippen LogP contribution is 2.37. The smallest absolute Gasteiger partial charge is 0.252 e. The van der Waals surface area contributed by atoms with Crippen LogP contribution in [0.25, 0.3) is 22.5 Å². The van der Waals surface area contributed by atoms with Crippen LogP contribution < -0.4 is 10.6 Å². The fraction of sp³-hybridized carbons (Fsp3) is 0.207. The van der Waals surface area contributed by atoms with Gasteiger partial charge in [-0.25, -0.2) is 9.37 Å². The van der Waals surface area contributed by atoms with Gasteiger partial charge in [-0.1, -0.05) is 43.6 Å². The highest BCUT2D eigenvalue weighted by Gasteiger charge is 2.29. The summed E-state index contributed by atoms with van der Waals surface area (Å²) in [5, 5.41) is 6.30. The van der Waals surface area contributed by atoms with Crippen LogP contribution in [0.5, 0.6) is 0 Å². The van der Waals surface area contributed by atoms with Crippen molar-refractivity contribution in [3.63, 3.8) is 0 Å². The van der Waals surface area contributed by atoms with Crippen LogP contribution in [0.4, 0.5) is 10.1 Å². The number of benzene rings is 3. The summed E-state index contributed by atoms with van der Waals surface area (Å²) in [6.45, 7) is 6.12. The van der Waals surface area contributed by atoms with E-state index in [9.17, 15) is 9.59 Å². The lowest BCUT2D eigenvalue weighted by molar-refractivity contribution is -0.118. The van der Waals surface area contributed by atoms with E-state index in [1.807, 2.05) is 32.9 Å². The molecule has 1 atom stereocenters. The Balaban J connectivity index is 1.45. The minimum absolute atomic E-state index is 0.0226. The van der Waals surface area contributed by atoms with E-state index in [4.69, 9.17) is 11.6 Å². The molecule has 0 spiro atoms. The van der Waals surface area contributed by atoms with Crippen molar-refractivity contribution in [2.75, 3.05) is 5.32 Å². The highest BCUT2D eigenvalue weighted by atomic mass is 35.5. The predicted octanol–water partition coefficient (Wildman–Crippen LogP) is 6.47. The SMILES string of the molecule is Cc1cnc(-c2ccc(-c3ccc(NC(=O)C(c4ccc(Cl)cc4)C(C)C)cc3F)c3c2C(=O)NC3)[nH]1. The van der Waals surface area contributed by atoms with Gasteiger partial charge in [0.2, 0.25) is 5.91 Å². The lowest BCUT2D eigenvalue weighted by Crippen LogP contribution is -2.25. The second kappa shape index (κ2) is 9.82. The Morgan fingerprint density at radius 1 is 1.05 bits per heavy atom. The average Bonchev–Trinajstić information content (AvgIpc) is 3.46. The number of amides is 2. The zero-order valence-corrected chi connectivity index (χ0v) is 21.4. The molecule has 1 aliphatic rings. The molecule has 1 unspecified atom stereocenters. The number of carbonyl (C=O) groups is 2. The molecule has 3 aromatic carbocycles. The Morgan fingerprint density at radius 2 is 1.76 bits per heavy atom. The third kappa shape index (κ3) is 4.74. The molecule has 37 heavy (non-hydrogen) atoms. The first-order chi connectivity index (χ1) is 17.7. The number of fused-ring (bicyclic) bond motifs is 1. The third-order valence-electron chi connectivity index (χ3n) is 6.63. The average molecular weight is 517 g/mol. The molecule has 0 fully saturated rings. The van der Waals surface area contributed by atoms with Crippen molar-refractivity contribution in [2.45, 2.75) is 33.2 Å². The number of imidazole rings is 1. The van der Waals surface area contributed by atoms with E-state index in [0.717, 1.165) is 16.8 Å². The van der Waals surface area contributed by atoms with Crippen molar-refractivity contribution in [1.29, 1.82) is 0 Å². The summed E-state index contributed by atoms with van der Waals surface area (Å²) in [5.41, 5.74) is 4.94. The molecule has 3 N–H and O–H groups in total. The number of halogens is 2. The predicted molar refractivity (Wildman–Crippen MR) is 143 cm³/mol. The quantitative estimate of drug-likeness (QED) is 0.274. The van der Waals surface area contributed by atoms with Crippen LogP contribution in [0.2, 0.25) is 5.02 Å². The molecule has 1 aromatic heterocycles. The maximum Gasteiger partial charge on any atom is 0.252 e. The monoisotopic (exact) mass is 516 g/mol. The Kier molecular flexibility index (Phi) is 6.56. The van der Waals surface area contributed by atoms with Crippen molar-refractivity contribution < 1.29 is 14.0 Å². The van der Waals surface area contributed by atoms with Gasteiger partial charge in [-0.3, -0.25) is 9.59 Å². The van der Waals surface area contributed by atoms with Crippen molar-refractivity contribution in [3.05, 3.63) is 94.0 Å². The molecule has 8 heteroatoms. The summed E-state index contributed by atoms with van der Waals surface area (Å²) in [6.07, 6.45) is 1.70. The lowest BCUT2D eigenvalue weighted by atomic mass is 9.87. The van der Waals surface area contributed by atoms with Crippen molar-refractivity contribution in [2.24, 2.45) is 5.92 Å². The molecule has 5 rings (SSSR count). The summed E-state index contributed by atoms with van der Waals surface area (Å²) in [7, 11) is 0. The zero-order valence-electron chi connectivity index (χ0n) is 20.7. The number of aryl methyl sites for hydroxylation is 1. The van der Waals surface area contributed by atoms with E-state index >= 15 is 4.39 Å². The molecule has 2 heterocycles. The van der Waals surface area contributed by atoms with E-state index in [1.54, 1.807) is 42.6 Å². The van der Waals surface area contributed by atoms with Crippen LogP contribution in [0, 0.1) is 18.7 Å². The molecule has 188 valence electrons. The molecular formula is C29H26ClFN4O2. The first kappa shape index (κ1) is 24.7. The Bertz CT molecular complexity index is 1510. The van der Waals surface area contributed by atoms with Crippen LogP contribution in [0.1, 0.15) is 46.9 Å². The molecule has 1 aliphatic heterocycles. The van der Waals surface area contributed by atoms with Gasteiger partial charge in [0, 0.05) is 40.3 Å². The van der Waals surface area contributed by atoms with Gasteiger partial charge in [0.15, 0.2) is 0 Å². The molecule has 6 nitrogen and oxygen atoms in total. The second-order valence-corrected chi connectivity index (χ2v) is 10.0. The maximum atomic E-state index is 15.4. The van der Waals surface area contributed by atoms with Gasteiger partial charge in [-0.05, 0) is 65.9 Å². The van der Waals surface area contributed by atoms with Gasteiger partial charge in [-0.2, -0.15) is 0 Å². The number of rotatable bonds is 6. The summed E-state index contributed by atoms with van der Waals surface area (Å²) in [6, 6.07) is 15.4. The number of aromatic amines is 1. The van der Waals surface area contributed by atoms with E-state index in [-0.39, 0.29) is 17.7 Å². The number of nitrogens with one attached hydrogen (secondary N) is 3. The van der Waals surface area contributed by atoms with Crippen LogP contribution in [0.15, 0.2) is 60.8 Å².